The van der Waals surface area contributed by atoms with Crippen LogP contribution in [0.3, 0.4) is 0 Å². The van der Waals surface area contributed by atoms with Crippen molar-refractivity contribution in [2.45, 2.75) is 45.2 Å². The van der Waals surface area contributed by atoms with Crippen molar-refractivity contribution in [3.05, 3.63) is 29.6 Å². The van der Waals surface area contributed by atoms with Crippen LogP contribution >= 0.6 is 0 Å². The third kappa shape index (κ3) is 4.12. The largest absolute Gasteiger partial charge is 0.343 e. The lowest BCUT2D eigenvalue weighted by molar-refractivity contribution is -0.132. The van der Waals surface area contributed by atoms with Gasteiger partial charge in [-0.3, -0.25) is 9.48 Å². The van der Waals surface area contributed by atoms with E-state index in [0.29, 0.717) is 18.9 Å². The van der Waals surface area contributed by atoms with Gasteiger partial charge >= 0.3 is 0 Å². The molecule has 1 amide bonds. The van der Waals surface area contributed by atoms with Crippen LogP contribution in [0.5, 0.6) is 0 Å². The van der Waals surface area contributed by atoms with Gasteiger partial charge in [-0.05, 0) is 39.9 Å². The average Bonchev–Trinajstić information content (AvgIpc) is 3.19. The number of carbonyl (C=O) groups excluding carboxylic acids is 1. The number of hydrogen-bond acceptors (Lipinski definition) is 5. The highest BCUT2D eigenvalue weighted by Crippen LogP contribution is 2.27. The molecule has 1 aliphatic rings. The fourth-order valence-corrected chi connectivity index (χ4v) is 3.53. The van der Waals surface area contributed by atoms with Gasteiger partial charge in [-0.15, -0.1) is 10.2 Å². The van der Waals surface area contributed by atoms with Gasteiger partial charge in [0.15, 0.2) is 0 Å². The first-order chi connectivity index (χ1) is 12.5. The van der Waals surface area contributed by atoms with Crippen LogP contribution in [0.1, 0.15) is 42.5 Å². The van der Waals surface area contributed by atoms with E-state index in [1.54, 1.807) is 6.20 Å². The van der Waals surface area contributed by atoms with E-state index in [0.717, 1.165) is 49.8 Å². The highest BCUT2D eigenvalue weighted by atomic mass is 16.2. The van der Waals surface area contributed by atoms with E-state index < -0.39 is 0 Å². The van der Waals surface area contributed by atoms with E-state index in [1.165, 1.54) is 0 Å². The van der Waals surface area contributed by atoms with Crippen LogP contribution in [-0.4, -0.2) is 67.4 Å². The molecule has 2 aromatic rings. The second-order valence-electron chi connectivity index (χ2n) is 7.37. The van der Waals surface area contributed by atoms with Gasteiger partial charge in [-0.2, -0.15) is 5.10 Å². The van der Waals surface area contributed by atoms with Crippen LogP contribution < -0.4 is 0 Å². The predicted octanol–water partition coefficient (Wildman–Crippen LogP) is 1.18. The number of likely N-dealkylation sites (tertiary alicyclic amines) is 1. The van der Waals surface area contributed by atoms with Gasteiger partial charge in [-0.1, -0.05) is 0 Å². The highest BCUT2D eigenvalue weighted by molar-refractivity contribution is 5.76. The molecule has 8 nitrogen and oxygen atoms in total. The zero-order valence-corrected chi connectivity index (χ0v) is 16.2. The van der Waals surface area contributed by atoms with Crippen molar-refractivity contribution in [2.75, 3.05) is 27.2 Å². The quantitative estimate of drug-likeness (QED) is 0.774. The predicted molar refractivity (Wildman–Crippen MR) is 98.5 cm³/mol. The number of hydrogen-bond donors (Lipinski definition) is 0. The summed E-state index contributed by atoms with van der Waals surface area (Å²) in [6.07, 6.45) is 4.17. The monoisotopic (exact) mass is 359 g/mol. The zero-order valence-electron chi connectivity index (χ0n) is 16.2. The number of aryl methyl sites for hydroxylation is 2. The maximum Gasteiger partial charge on any atom is 0.224 e. The van der Waals surface area contributed by atoms with Crippen molar-refractivity contribution in [3.63, 3.8) is 0 Å². The Hall–Kier alpha value is -2.22. The Morgan fingerprint density at radius 2 is 2.00 bits per heavy atom. The molecule has 1 aliphatic heterocycles. The molecule has 0 aromatic carbocycles. The third-order valence-corrected chi connectivity index (χ3v) is 5.14. The first kappa shape index (κ1) is 18.6. The molecule has 0 bridgehead atoms. The van der Waals surface area contributed by atoms with Crippen molar-refractivity contribution in [3.8, 4) is 0 Å². The lowest BCUT2D eigenvalue weighted by atomic mass is 9.95. The maximum atomic E-state index is 12.5. The molecule has 0 atom stereocenters. The van der Waals surface area contributed by atoms with Crippen LogP contribution in [0, 0.1) is 6.92 Å². The van der Waals surface area contributed by atoms with Crippen molar-refractivity contribution in [1.82, 2.24) is 34.3 Å². The van der Waals surface area contributed by atoms with Gasteiger partial charge in [0.05, 0.1) is 6.54 Å². The minimum absolute atomic E-state index is 0.213. The van der Waals surface area contributed by atoms with E-state index in [9.17, 15) is 4.79 Å². The minimum atomic E-state index is 0.213. The van der Waals surface area contributed by atoms with Crippen LogP contribution in [0.25, 0.3) is 0 Å². The van der Waals surface area contributed by atoms with Gasteiger partial charge in [0.2, 0.25) is 5.91 Å². The number of amides is 1. The molecule has 0 radical (unpaired) electrons. The van der Waals surface area contributed by atoms with Crippen LogP contribution in [0.2, 0.25) is 0 Å². The molecule has 3 rings (SSSR count). The summed E-state index contributed by atoms with van der Waals surface area (Å²) in [5.41, 5.74) is 1.09. The van der Waals surface area contributed by atoms with Gasteiger partial charge in [0.1, 0.15) is 11.6 Å². The minimum Gasteiger partial charge on any atom is -0.343 e. The second kappa shape index (κ2) is 7.99. The molecular weight excluding hydrogens is 330 g/mol. The summed E-state index contributed by atoms with van der Waals surface area (Å²) in [7, 11) is 6.10. The number of rotatable bonds is 6. The Morgan fingerprint density at radius 1 is 1.27 bits per heavy atom. The summed E-state index contributed by atoms with van der Waals surface area (Å²) in [5.74, 6) is 2.62. The standard InChI is InChI=1S/C18H29N7O/c1-14-5-9-19-25(14)12-8-17(26)24-10-6-15(7-11-24)18-21-20-16(23(18)4)13-22(2)3/h5,9,15H,6-8,10-13H2,1-4H3. The number of aromatic nitrogens is 5. The van der Waals surface area contributed by atoms with Gasteiger partial charge in [0, 0.05) is 50.9 Å². The summed E-state index contributed by atoms with van der Waals surface area (Å²) in [4.78, 5) is 16.6. The Bertz CT molecular complexity index is 741. The van der Waals surface area contributed by atoms with Gasteiger partial charge in [-0.25, -0.2) is 0 Å². The summed E-state index contributed by atoms with van der Waals surface area (Å²) in [6, 6.07) is 1.96. The highest BCUT2D eigenvalue weighted by Gasteiger charge is 2.27. The average molecular weight is 359 g/mol. The molecule has 8 heteroatoms. The van der Waals surface area contributed by atoms with E-state index >= 15 is 0 Å². The van der Waals surface area contributed by atoms with E-state index in [1.807, 2.05) is 43.7 Å². The van der Waals surface area contributed by atoms with Crippen LogP contribution in [0.4, 0.5) is 0 Å². The molecule has 0 aliphatic carbocycles. The first-order valence-electron chi connectivity index (χ1n) is 9.24. The molecule has 1 fully saturated rings. The van der Waals surface area contributed by atoms with Crippen molar-refractivity contribution < 1.29 is 4.79 Å². The summed E-state index contributed by atoms with van der Waals surface area (Å²) >= 11 is 0. The molecule has 26 heavy (non-hydrogen) atoms. The maximum absolute atomic E-state index is 12.5. The van der Waals surface area contributed by atoms with E-state index in [2.05, 4.69) is 24.8 Å². The molecule has 0 spiro atoms. The Kier molecular flexibility index (Phi) is 5.70. The number of carbonyl (C=O) groups is 1. The molecule has 2 aromatic heterocycles. The molecule has 0 N–H and O–H groups in total. The third-order valence-electron chi connectivity index (χ3n) is 5.14. The zero-order chi connectivity index (χ0) is 18.7. The Balaban J connectivity index is 1.52. The van der Waals surface area contributed by atoms with Crippen molar-refractivity contribution >= 4 is 5.91 Å². The van der Waals surface area contributed by atoms with Crippen molar-refractivity contribution in [2.24, 2.45) is 7.05 Å². The lowest BCUT2D eigenvalue weighted by Gasteiger charge is -2.31. The fourth-order valence-electron chi connectivity index (χ4n) is 3.53. The summed E-state index contributed by atoms with van der Waals surface area (Å²) in [6.45, 7) is 5.02. The van der Waals surface area contributed by atoms with E-state index in [4.69, 9.17) is 0 Å². The fraction of sp³-hybridized carbons (Fsp3) is 0.667. The molecule has 1 saturated heterocycles. The molecule has 3 heterocycles. The van der Waals surface area contributed by atoms with Gasteiger partial charge in [0.25, 0.3) is 0 Å². The first-order valence-corrected chi connectivity index (χ1v) is 9.24. The molecule has 0 unspecified atom stereocenters. The number of nitrogens with zero attached hydrogens (tertiary/aromatic N) is 7. The number of piperidine rings is 1. The molecular formula is C18H29N7O. The lowest BCUT2D eigenvalue weighted by Crippen LogP contribution is -2.38. The topological polar surface area (TPSA) is 72.1 Å². The summed E-state index contributed by atoms with van der Waals surface area (Å²) in [5, 5.41) is 13.0. The van der Waals surface area contributed by atoms with E-state index in [-0.39, 0.29) is 5.91 Å². The Labute approximate surface area is 154 Å². The summed E-state index contributed by atoms with van der Waals surface area (Å²) < 4.78 is 4.00. The van der Waals surface area contributed by atoms with Gasteiger partial charge < -0.3 is 14.4 Å². The smallest absolute Gasteiger partial charge is 0.224 e. The normalized spacial score (nSPS) is 15.8. The molecule has 142 valence electrons. The van der Waals surface area contributed by atoms with Crippen molar-refractivity contribution in [1.29, 1.82) is 0 Å². The van der Waals surface area contributed by atoms with Crippen LogP contribution in [-0.2, 0) is 24.9 Å². The Morgan fingerprint density at radius 3 is 2.62 bits per heavy atom. The van der Waals surface area contributed by atoms with Crippen LogP contribution in [0.15, 0.2) is 12.3 Å². The molecule has 0 saturated carbocycles. The SMILES string of the molecule is Cc1ccnn1CCC(=O)N1CCC(c2nnc(CN(C)C)n2C)CC1. The second-order valence-corrected chi connectivity index (χ2v) is 7.37.